The molecule has 11 heteroatoms. The van der Waals surface area contributed by atoms with Crippen LogP contribution in [0.2, 0.25) is 10.0 Å². The molecule has 0 saturated heterocycles. The number of anilines is 1. The minimum atomic E-state index is -0.421. The molecule has 7 nitrogen and oxygen atoms in total. The number of carbonyl (C=O) groups excluding carboxylic acids is 2. The van der Waals surface area contributed by atoms with Gasteiger partial charge in [0, 0.05) is 17.3 Å². The standard InChI is InChI=1S/C21H20Cl2FN5O2S/c1-3-29-18(10-25-20(31)15-7-5-13(22)8-16(15)23)27-28-21(29)32-11-19(30)26-17-9-14(24)6-4-12(17)2/h4-9H,3,10-11H2,1-2H3,(H,25,31)(H,26,30). The van der Waals surface area contributed by atoms with Crippen LogP contribution in [-0.4, -0.2) is 32.3 Å². The highest BCUT2D eigenvalue weighted by atomic mass is 35.5. The molecule has 0 unspecified atom stereocenters. The summed E-state index contributed by atoms with van der Waals surface area (Å²) < 4.78 is 15.2. The second-order valence-electron chi connectivity index (χ2n) is 6.75. The van der Waals surface area contributed by atoms with E-state index in [0.29, 0.717) is 33.8 Å². The molecule has 1 aromatic heterocycles. The van der Waals surface area contributed by atoms with Crippen LogP contribution in [0.3, 0.4) is 0 Å². The van der Waals surface area contributed by atoms with Crippen LogP contribution in [0, 0.1) is 12.7 Å². The van der Waals surface area contributed by atoms with Gasteiger partial charge in [0.15, 0.2) is 11.0 Å². The summed E-state index contributed by atoms with van der Waals surface area (Å²) >= 11 is 13.1. The first kappa shape index (κ1) is 24.0. The fraction of sp³-hybridized carbons (Fsp3) is 0.238. The van der Waals surface area contributed by atoms with E-state index >= 15 is 0 Å². The third-order valence-corrected chi connectivity index (χ3v) is 6.01. The van der Waals surface area contributed by atoms with E-state index in [-0.39, 0.29) is 29.1 Å². The van der Waals surface area contributed by atoms with Gasteiger partial charge in [-0.05, 0) is 49.7 Å². The van der Waals surface area contributed by atoms with E-state index in [1.54, 1.807) is 29.7 Å². The Bertz CT molecular complexity index is 1160. The number of nitrogens with one attached hydrogen (secondary N) is 2. The van der Waals surface area contributed by atoms with Gasteiger partial charge in [-0.15, -0.1) is 10.2 Å². The monoisotopic (exact) mass is 495 g/mol. The molecular weight excluding hydrogens is 476 g/mol. The molecule has 0 spiro atoms. The maximum Gasteiger partial charge on any atom is 0.253 e. The molecule has 0 fully saturated rings. The molecule has 32 heavy (non-hydrogen) atoms. The Balaban J connectivity index is 1.60. The van der Waals surface area contributed by atoms with Crippen LogP contribution in [-0.2, 0) is 17.9 Å². The number of halogens is 3. The van der Waals surface area contributed by atoms with Crippen LogP contribution in [0.15, 0.2) is 41.6 Å². The maximum atomic E-state index is 13.4. The van der Waals surface area contributed by atoms with E-state index in [4.69, 9.17) is 23.2 Å². The summed E-state index contributed by atoms with van der Waals surface area (Å²) in [6.07, 6.45) is 0. The molecule has 2 N–H and O–H groups in total. The van der Waals surface area contributed by atoms with Crippen LogP contribution >= 0.6 is 35.0 Å². The van der Waals surface area contributed by atoms with Gasteiger partial charge in [0.25, 0.3) is 5.91 Å². The van der Waals surface area contributed by atoms with Gasteiger partial charge in [0.1, 0.15) is 5.82 Å². The lowest BCUT2D eigenvalue weighted by molar-refractivity contribution is -0.113. The smallest absolute Gasteiger partial charge is 0.253 e. The molecule has 168 valence electrons. The third kappa shape index (κ3) is 5.99. The van der Waals surface area contributed by atoms with Crippen molar-refractivity contribution < 1.29 is 14.0 Å². The van der Waals surface area contributed by atoms with E-state index in [9.17, 15) is 14.0 Å². The minimum Gasteiger partial charge on any atom is -0.345 e. The lowest BCUT2D eigenvalue weighted by Crippen LogP contribution is -2.25. The molecular formula is C21H20Cl2FN5O2S. The molecule has 2 amide bonds. The highest BCUT2D eigenvalue weighted by molar-refractivity contribution is 7.99. The van der Waals surface area contributed by atoms with Crippen molar-refractivity contribution in [1.82, 2.24) is 20.1 Å². The van der Waals surface area contributed by atoms with Crippen molar-refractivity contribution in [3.63, 3.8) is 0 Å². The number of aromatic nitrogens is 3. The molecule has 0 aliphatic rings. The predicted octanol–water partition coefficient (Wildman–Crippen LogP) is 4.71. The molecule has 0 bridgehead atoms. The van der Waals surface area contributed by atoms with Crippen molar-refractivity contribution in [2.24, 2.45) is 0 Å². The molecule has 0 saturated carbocycles. The average molecular weight is 496 g/mol. The maximum absolute atomic E-state index is 13.4. The summed E-state index contributed by atoms with van der Waals surface area (Å²) in [5.74, 6) is -0.468. The van der Waals surface area contributed by atoms with Gasteiger partial charge >= 0.3 is 0 Å². The molecule has 0 aliphatic carbocycles. The SMILES string of the molecule is CCn1c(CNC(=O)c2ccc(Cl)cc2Cl)nnc1SCC(=O)Nc1cc(F)ccc1C. The second kappa shape index (κ2) is 10.8. The number of hydrogen-bond donors (Lipinski definition) is 2. The van der Waals surface area contributed by atoms with Crippen LogP contribution in [0.4, 0.5) is 10.1 Å². The zero-order valence-electron chi connectivity index (χ0n) is 17.3. The van der Waals surface area contributed by atoms with Gasteiger partial charge in [0.05, 0.1) is 22.9 Å². The molecule has 2 aromatic carbocycles. The molecule has 1 heterocycles. The number of thioether (sulfide) groups is 1. The number of rotatable bonds is 8. The van der Waals surface area contributed by atoms with E-state index in [1.165, 1.54) is 30.0 Å². The van der Waals surface area contributed by atoms with Crippen LogP contribution in [0.25, 0.3) is 0 Å². The largest absolute Gasteiger partial charge is 0.345 e. The summed E-state index contributed by atoms with van der Waals surface area (Å²) in [5, 5.41) is 14.9. The fourth-order valence-electron chi connectivity index (χ4n) is 2.85. The number of hydrogen-bond acceptors (Lipinski definition) is 5. The summed E-state index contributed by atoms with van der Waals surface area (Å²) in [6, 6.07) is 8.85. The first-order valence-corrected chi connectivity index (χ1v) is 11.4. The Labute approximate surface area is 198 Å². The zero-order chi connectivity index (χ0) is 23.3. The molecule has 0 aliphatic heterocycles. The van der Waals surface area contributed by atoms with Crippen molar-refractivity contribution in [2.75, 3.05) is 11.1 Å². The van der Waals surface area contributed by atoms with E-state index < -0.39 is 5.82 Å². The van der Waals surface area contributed by atoms with Gasteiger partial charge < -0.3 is 15.2 Å². The van der Waals surface area contributed by atoms with Gasteiger partial charge in [-0.25, -0.2) is 4.39 Å². The highest BCUT2D eigenvalue weighted by Crippen LogP contribution is 2.22. The number of aryl methyl sites for hydroxylation is 1. The summed E-state index contributed by atoms with van der Waals surface area (Å²) in [4.78, 5) is 24.7. The summed E-state index contributed by atoms with van der Waals surface area (Å²) in [5.41, 5.74) is 1.50. The topological polar surface area (TPSA) is 88.9 Å². The Hall–Kier alpha value is -2.62. The first-order valence-electron chi connectivity index (χ1n) is 9.62. The van der Waals surface area contributed by atoms with Gasteiger partial charge in [0.2, 0.25) is 5.91 Å². The summed E-state index contributed by atoms with van der Waals surface area (Å²) in [6.45, 7) is 4.37. The third-order valence-electron chi connectivity index (χ3n) is 4.50. The minimum absolute atomic E-state index is 0.0703. The van der Waals surface area contributed by atoms with Gasteiger partial charge in [-0.1, -0.05) is 41.0 Å². The van der Waals surface area contributed by atoms with Crippen molar-refractivity contribution >= 4 is 52.5 Å². The Morgan fingerprint density at radius 3 is 2.66 bits per heavy atom. The highest BCUT2D eigenvalue weighted by Gasteiger charge is 2.16. The van der Waals surface area contributed by atoms with Crippen LogP contribution in [0.5, 0.6) is 0 Å². The lowest BCUT2D eigenvalue weighted by Gasteiger charge is -2.10. The normalized spacial score (nSPS) is 10.8. The quantitative estimate of drug-likeness (QED) is 0.441. The summed E-state index contributed by atoms with van der Waals surface area (Å²) in [7, 11) is 0. The zero-order valence-corrected chi connectivity index (χ0v) is 19.6. The molecule has 3 aromatic rings. The Morgan fingerprint density at radius 1 is 1.16 bits per heavy atom. The molecule has 3 rings (SSSR count). The van der Waals surface area contributed by atoms with Gasteiger partial charge in [-0.3, -0.25) is 9.59 Å². The number of amides is 2. The van der Waals surface area contributed by atoms with E-state index in [2.05, 4.69) is 20.8 Å². The Kier molecular flexibility index (Phi) is 8.11. The van der Waals surface area contributed by atoms with Crippen LogP contribution in [0.1, 0.15) is 28.7 Å². The molecule has 0 radical (unpaired) electrons. The van der Waals surface area contributed by atoms with E-state index in [0.717, 1.165) is 5.56 Å². The van der Waals surface area contributed by atoms with Crippen molar-refractivity contribution in [1.29, 1.82) is 0 Å². The van der Waals surface area contributed by atoms with Crippen LogP contribution < -0.4 is 10.6 Å². The second-order valence-corrected chi connectivity index (χ2v) is 8.53. The van der Waals surface area contributed by atoms with Crippen molar-refractivity contribution in [3.8, 4) is 0 Å². The number of benzene rings is 2. The fourth-order valence-corrected chi connectivity index (χ4v) is 4.16. The predicted molar refractivity (Wildman–Crippen MR) is 124 cm³/mol. The number of carbonyl (C=O) groups is 2. The number of nitrogens with zero attached hydrogens (tertiary/aromatic N) is 3. The van der Waals surface area contributed by atoms with E-state index in [1.807, 2.05) is 6.92 Å². The lowest BCUT2D eigenvalue weighted by atomic mass is 10.2. The van der Waals surface area contributed by atoms with Gasteiger partial charge in [-0.2, -0.15) is 0 Å². The average Bonchev–Trinajstić information content (AvgIpc) is 3.15. The van der Waals surface area contributed by atoms with Crippen molar-refractivity contribution in [3.05, 3.63) is 69.2 Å². The molecule has 0 atom stereocenters. The van der Waals surface area contributed by atoms with Crippen molar-refractivity contribution in [2.45, 2.75) is 32.1 Å². The first-order chi connectivity index (χ1) is 15.3. The Morgan fingerprint density at radius 2 is 1.94 bits per heavy atom.